The number of aromatic nitrogens is 4. The average molecular weight is 331 g/mol. The van der Waals surface area contributed by atoms with Crippen LogP contribution in [0.4, 0.5) is 0 Å². The first-order valence-corrected chi connectivity index (χ1v) is 11.1. The fraction of sp³-hybridized carbons (Fsp3) is 0.529. The van der Waals surface area contributed by atoms with Crippen molar-refractivity contribution in [3.8, 4) is 0 Å². The summed E-state index contributed by atoms with van der Waals surface area (Å²) in [5.74, 6) is 0.911. The van der Waals surface area contributed by atoms with Crippen LogP contribution in [0.1, 0.15) is 32.3 Å². The molecule has 6 heteroatoms. The van der Waals surface area contributed by atoms with Crippen LogP contribution in [0.15, 0.2) is 18.2 Å². The second-order valence-electron chi connectivity index (χ2n) is 7.73. The molecule has 0 aliphatic rings. The third kappa shape index (κ3) is 2.93. The molecule has 5 nitrogen and oxygen atoms in total. The Hall–Kier alpha value is -1.66. The van der Waals surface area contributed by atoms with Gasteiger partial charge in [0.2, 0.25) is 0 Å². The van der Waals surface area contributed by atoms with Crippen molar-refractivity contribution in [3.05, 3.63) is 29.7 Å². The lowest BCUT2D eigenvalue weighted by molar-refractivity contribution is 0.291. The highest BCUT2D eigenvalue weighted by Crippen LogP contribution is 2.36. The molecule has 0 spiro atoms. The molecular weight excluding hydrogens is 304 g/mol. The molecular formula is C17H26N4OSi. The molecule has 3 rings (SSSR count). The monoisotopic (exact) mass is 330 g/mol. The van der Waals surface area contributed by atoms with Gasteiger partial charge in [-0.15, -0.1) is 10.2 Å². The van der Waals surface area contributed by atoms with Gasteiger partial charge >= 0.3 is 0 Å². The van der Waals surface area contributed by atoms with Crippen molar-refractivity contribution < 1.29 is 4.43 Å². The molecule has 124 valence electrons. The predicted molar refractivity (Wildman–Crippen MR) is 96.4 cm³/mol. The number of rotatable bonds is 4. The first kappa shape index (κ1) is 16.2. The second kappa shape index (κ2) is 5.45. The van der Waals surface area contributed by atoms with Crippen molar-refractivity contribution in [2.45, 2.75) is 52.2 Å². The van der Waals surface area contributed by atoms with Crippen LogP contribution in [-0.4, -0.2) is 34.5 Å². The number of H-pyrrole nitrogens is 1. The lowest BCUT2D eigenvalue weighted by Gasteiger charge is -2.36. The van der Waals surface area contributed by atoms with Crippen LogP contribution in [0.5, 0.6) is 0 Å². The first-order valence-electron chi connectivity index (χ1n) is 8.15. The molecule has 0 aliphatic carbocycles. The summed E-state index contributed by atoms with van der Waals surface area (Å²) >= 11 is 0. The third-order valence-corrected chi connectivity index (χ3v) is 9.55. The maximum atomic E-state index is 6.28. The Labute approximate surface area is 138 Å². The largest absolute Gasteiger partial charge is 0.416 e. The summed E-state index contributed by atoms with van der Waals surface area (Å²) < 4.78 is 8.36. The van der Waals surface area contributed by atoms with Gasteiger partial charge in [0.05, 0.1) is 11.0 Å². The Kier molecular flexibility index (Phi) is 3.84. The number of fused-ring (bicyclic) bond motifs is 3. The van der Waals surface area contributed by atoms with E-state index in [-0.39, 0.29) is 5.04 Å². The van der Waals surface area contributed by atoms with E-state index in [9.17, 15) is 0 Å². The summed E-state index contributed by atoms with van der Waals surface area (Å²) in [6.45, 7) is 14.1. The van der Waals surface area contributed by atoms with Crippen LogP contribution in [0.3, 0.4) is 0 Å². The highest BCUT2D eigenvalue weighted by atomic mass is 28.4. The van der Waals surface area contributed by atoms with Gasteiger partial charge in [-0.1, -0.05) is 20.8 Å². The molecule has 0 aliphatic heterocycles. The number of aryl methyl sites for hydroxylation is 1. The van der Waals surface area contributed by atoms with E-state index in [2.05, 4.69) is 65.6 Å². The van der Waals surface area contributed by atoms with Gasteiger partial charge in [-0.2, -0.15) is 0 Å². The van der Waals surface area contributed by atoms with E-state index >= 15 is 0 Å². The summed E-state index contributed by atoms with van der Waals surface area (Å²) in [5.41, 5.74) is 4.33. The van der Waals surface area contributed by atoms with E-state index < -0.39 is 8.32 Å². The van der Waals surface area contributed by atoms with Gasteiger partial charge in [-0.3, -0.25) is 4.40 Å². The van der Waals surface area contributed by atoms with Crippen molar-refractivity contribution in [3.63, 3.8) is 0 Å². The van der Waals surface area contributed by atoms with E-state index in [1.807, 2.05) is 13.0 Å². The van der Waals surface area contributed by atoms with E-state index in [4.69, 9.17) is 4.43 Å². The minimum Gasteiger partial charge on any atom is -0.416 e. The second-order valence-corrected chi connectivity index (χ2v) is 12.5. The van der Waals surface area contributed by atoms with Gasteiger partial charge in [-0.25, -0.2) is 0 Å². The third-order valence-electron chi connectivity index (χ3n) is 5.01. The van der Waals surface area contributed by atoms with Gasteiger partial charge < -0.3 is 9.41 Å². The van der Waals surface area contributed by atoms with E-state index in [0.717, 1.165) is 35.5 Å². The van der Waals surface area contributed by atoms with Crippen LogP contribution < -0.4 is 0 Å². The zero-order chi connectivity index (χ0) is 16.8. The Morgan fingerprint density at radius 3 is 2.65 bits per heavy atom. The average Bonchev–Trinajstić information content (AvgIpc) is 3.00. The molecule has 0 atom stereocenters. The lowest BCUT2D eigenvalue weighted by Crippen LogP contribution is -2.41. The molecule has 23 heavy (non-hydrogen) atoms. The van der Waals surface area contributed by atoms with Crippen LogP contribution in [0.25, 0.3) is 16.7 Å². The molecule has 3 aromatic rings. The predicted octanol–water partition coefficient (Wildman–Crippen LogP) is 4.08. The van der Waals surface area contributed by atoms with Gasteiger partial charge in [0.1, 0.15) is 5.82 Å². The van der Waals surface area contributed by atoms with Crippen LogP contribution in [0, 0.1) is 6.92 Å². The maximum Gasteiger partial charge on any atom is 0.191 e. The molecule has 1 N–H and O–H groups in total. The number of hydrogen-bond donors (Lipinski definition) is 1. The molecule has 0 saturated carbocycles. The molecule has 0 radical (unpaired) electrons. The van der Waals surface area contributed by atoms with Crippen molar-refractivity contribution in [2.24, 2.45) is 0 Å². The fourth-order valence-corrected chi connectivity index (χ4v) is 3.58. The van der Waals surface area contributed by atoms with E-state index in [1.165, 1.54) is 5.69 Å². The van der Waals surface area contributed by atoms with Gasteiger partial charge in [0.15, 0.2) is 14.0 Å². The van der Waals surface area contributed by atoms with Gasteiger partial charge in [0, 0.05) is 18.7 Å². The minimum atomic E-state index is -1.68. The van der Waals surface area contributed by atoms with E-state index in [1.54, 1.807) is 0 Å². The zero-order valence-electron chi connectivity index (χ0n) is 14.9. The number of pyridine rings is 1. The summed E-state index contributed by atoms with van der Waals surface area (Å²) in [5, 5.41) is 8.58. The minimum absolute atomic E-state index is 0.249. The van der Waals surface area contributed by atoms with Crippen LogP contribution in [-0.2, 0) is 10.8 Å². The first-order chi connectivity index (χ1) is 10.7. The lowest BCUT2D eigenvalue weighted by atomic mass is 10.2. The summed E-state index contributed by atoms with van der Waals surface area (Å²) in [7, 11) is -1.68. The smallest absolute Gasteiger partial charge is 0.191 e. The fourth-order valence-electron chi connectivity index (χ4n) is 2.54. The van der Waals surface area contributed by atoms with Crippen molar-refractivity contribution >= 4 is 25.0 Å². The van der Waals surface area contributed by atoms with Crippen molar-refractivity contribution in [1.29, 1.82) is 0 Å². The highest BCUT2D eigenvalue weighted by Gasteiger charge is 2.36. The molecule has 0 saturated heterocycles. The van der Waals surface area contributed by atoms with Gasteiger partial charge in [-0.05, 0) is 43.3 Å². The van der Waals surface area contributed by atoms with Crippen molar-refractivity contribution in [1.82, 2.24) is 19.6 Å². The maximum absolute atomic E-state index is 6.28. The van der Waals surface area contributed by atoms with Gasteiger partial charge in [0.25, 0.3) is 0 Å². The molecule has 0 amide bonds. The highest BCUT2D eigenvalue weighted by molar-refractivity contribution is 6.74. The Balaban J connectivity index is 1.79. The van der Waals surface area contributed by atoms with Crippen LogP contribution in [0.2, 0.25) is 18.1 Å². The molecule has 0 bridgehead atoms. The Bertz CT molecular complexity index is 841. The standard InChI is InChI=1S/C17H26N4OSi/c1-12-19-20-16-8-7-14-15(21(12)16)11-13(18-14)9-10-22-23(5,6)17(2,3)4/h7-8,11,18H,9-10H2,1-6H3. The number of nitrogens with zero attached hydrogens (tertiary/aromatic N) is 3. The zero-order valence-corrected chi connectivity index (χ0v) is 15.9. The Morgan fingerprint density at radius 2 is 1.96 bits per heavy atom. The number of aromatic amines is 1. The molecule has 0 unspecified atom stereocenters. The SMILES string of the molecule is Cc1nnc2ccc3[nH]c(CCO[Si](C)(C)C(C)(C)C)cc3n12. The van der Waals surface area contributed by atoms with E-state index in [0.29, 0.717) is 0 Å². The van der Waals surface area contributed by atoms with Crippen molar-refractivity contribution in [2.75, 3.05) is 6.61 Å². The summed E-state index contributed by atoms with van der Waals surface area (Å²) in [6.07, 6.45) is 0.893. The summed E-state index contributed by atoms with van der Waals surface area (Å²) in [6, 6.07) is 6.25. The number of nitrogens with one attached hydrogen (secondary N) is 1. The topological polar surface area (TPSA) is 55.2 Å². The molecule has 0 aromatic carbocycles. The molecule has 3 aromatic heterocycles. The molecule has 3 heterocycles. The quantitative estimate of drug-likeness (QED) is 0.733. The molecule has 0 fully saturated rings. The summed E-state index contributed by atoms with van der Waals surface area (Å²) in [4.78, 5) is 3.49. The normalized spacial score (nSPS) is 13.3. The Morgan fingerprint density at radius 1 is 1.22 bits per heavy atom. The van der Waals surface area contributed by atoms with Crippen LogP contribution >= 0.6 is 0 Å². The number of hydrogen-bond acceptors (Lipinski definition) is 3.